The van der Waals surface area contributed by atoms with Gasteiger partial charge in [-0.2, -0.15) is 0 Å². The molecule has 4 rings (SSSR count). The van der Waals surface area contributed by atoms with E-state index in [1.54, 1.807) is 12.5 Å². The first-order chi connectivity index (χ1) is 11.3. The lowest BCUT2D eigenvalue weighted by molar-refractivity contribution is -0.115. The maximum atomic E-state index is 12.1. The van der Waals surface area contributed by atoms with E-state index >= 15 is 0 Å². The Labute approximate surface area is 133 Å². The van der Waals surface area contributed by atoms with Crippen LogP contribution in [0, 0.1) is 0 Å². The lowest BCUT2D eigenvalue weighted by Crippen LogP contribution is -2.15. The Balaban J connectivity index is 1.79. The number of benzene rings is 2. The number of imidazole rings is 1. The van der Waals surface area contributed by atoms with Gasteiger partial charge in [0.1, 0.15) is 0 Å². The molecule has 0 saturated carbocycles. The molecule has 0 bridgehead atoms. The molecule has 2 aromatic carbocycles. The van der Waals surface area contributed by atoms with Gasteiger partial charge in [-0.05, 0) is 29.8 Å². The van der Waals surface area contributed by atoms with Gasteiger partial charge >= 0.3 is 0 Å². The molecule has 1 aliphatic rings. The molecule has 112 valence electrons. The van der Waals surface area contributed by atoms with E-state index in [-0.39, 0.29) is 12.3 Å². The number of rotatable bonds is 2. The lowest BCUT2D eigenvalue weighted by Gasteiger charge is -2.07. The summed E-state index contributed by atoms with van der Waals surface area (Å²) >= 11 is 0. The van der Waals surface area contributed by atoms with Crippen molar-refractivity contribution in [1.29, 1.82) is 0 Å². The van der Waals surface area contributed by atoms with Crippen LogP contribution in [0.5, 0.6) is 0 Å². The van der Waals surface area contributed by atoms with Crippen molar-refractivity contribution in [3.8, 4) is 5.69 Å². The summed E-state index contributed by atoms with van der Waals surface area (Å²) in [5, 5.41) is 2.90. The molecule has 3 aromatic rings. The fraction of sp³-hybridized carbons (Fsp3) is 0.0556. The third-order valence-corrected chi connectivity index (χ3v) is 3.74. The van der Waals surface area contributed by atoms with Gasteiger partial charge in [0.25, 0.3) is 0 Å². The maximum absolute atomic E-state index is 12.1. The van der Waals surface area contributed by atoms with Gasteiger partial charge in [-0.15, -0.1) is 0 Å². The van der Waals surface area contributed by atoms with Crippen LogP contribution in [0.4, 0.5) is 11.4 Å². The van der Waals surface area contributed by atoms with Gasteiger partial charge in [-0.3, -0.25) is 9.79 Å². The first kappa shape index (κ1) is 13.5. The van der Waals surface area contributed by atoms with Gasteiger partial charge in [0.05, 0.1) is 29.8 Å². The normalized spacial score (nSPS) is 13.7. The van der Waals surface area contributed by atoms with E-state index in [1.807, 2.05) is 59.3 Å². The molecule has 1 N–H and O–H groups in total. The zero-order valence-electron chi connectivity index (χ0n) is 12.3. The predicted octanol–water partition coefficient (Wildman–Crippen LogP) is 3.34. The molecule has 5 nitrogen and oxygen atoms in total. The number of hydrogen-bond acceptors (Lipinski definition) is 3. The number of fused-ring (bicyclic) bond motifs is 1. The van der Waals surface area contributed by atoms with Crippen molar-refractivity contribution in [3.05, 3.63) is 72.8 Å². The standard InChI is InChI=1S/C18H14N4O/c23-18-11-17(20-15-6-1-2-7-16(15)21-18)13-4-3-5-14(10-13)22-9-8-19-12-22/h1-10,12H,11H2,(H,21,23). The van der Waals surface area contributed by atoms with Gasteiger partial charge in [-0.1, -0.05) is 24.3 Å². The fourth-order valence-electron chi connectivity index (χ4n) is 2.63. The van der Waals surface area contributed by atoms with Crippen molar-refractivity contribution in [2.24, 2.45) is 4.99 Å². The topological polar surface area (TPSA) is 59.3 Å². The molecule has 2 heterocycles. The van der Waals surface area contributed by atoms with Crippen LogP contribution >= 0.6 is 0 Å². The predicted molar refractivity (Wildman–Crippen MR) is 89.4 cm³/mol. The molecule has 0 aliphatic carbocycles. The number of aromatic nitrogens is 2. The second-order valence-electron chi connectivity index (χ2n) is 5.32. The van der Waals surface area contributed by atoms with Crippen LogP contribution in [-0.4, -0.2) is 21.2 Å². The second-order valence-corrected chi connectivity index (χ2v) is 5.32. The number of nitrogens with one attached hydrogen (secondary N) is 1. The summed E-state index contributed by atoms with van der Waals surface area (Å²) < 4.78 is 1.93. The Kier molecular flexibility index (Phi) is 3.24. The maximum Gasteiger partial charge on any atom is 0.230 e. The van der Waals surface area contributed by atoms with Crippen LogP contribution < -0.4 is 5.32 Å². The minimum absolute atomic E-state index is 0.0540. The first-order valence-corrected chi connectivity index (χ1v) is 7.35. The number of anilines is 1. The van der Waals surface area contributed by atoms with E-state index in [0.717, 1.165) is 28.3 Å². The second kappa shape index (κ2) is 5.53. The smallest absolute Gasteiger partial charge is 0.230 e. The van der Waals surface area contributed by atoms with Gasteiger partial charge < -0.3 is 9.88 Å². The molecular weight excluding hydrogens is 288 g/mol. The van der Waals surface area contributed by atoms with Gasteiger partial charge in [0.15, 0.2) is 0 Å². The number of carbonyl (C=O) groups is 1. The fourth-order valence-corrected chi connectivity index (χ4v) is 2.63. The molecule has 0 spiro atoms. The molecule has 5 heteroatoms. The molecule has 0 fully saturated rings. The Bertz CT molecular complexity index is 897. The average molecular weight is 302 g/mol. The summed E-state index contributed by atoms with van der Waals surface area (Å²) in [5.41, 5.74) is 4.21. The molecular formula is C18H14N4O. The lowest BCUT2D eigenvalue weighted by atomic mass is 10.1. The highest BCUT2D eigenvalue weighted by atomic mass is 16.1. The molecule has 0 atom stereocenters. The van der Waals surface area contributed by atoms with Crippen molar-refractivity contribution in [1.82, 2.24) is 9.55 Å². The highest BCUT2D eigenvalue weighted by Crippen LogP contribution is 2.28. The van der Waals surface area contributed by atoms with Gasteiger partial charge in [-0.25, -0.2) is 4.98 Å². The number of amides is 1. The van der Waals surface area contributed by atoms with Crippen molar-refractivity contribution < 1.29 is 4.79 Å². The van der Waals surface area contributed by atoms with E-state index in [4.69, 9.17) is 4.99 Å². The van der Waals surface area contributed by atoms with Crippen LogP contribution in [0.2, 0.25) is 0 Å². The summed E-state index contributed by atoms with van der Waals surface area (Å²) in [6.45, 7) is 0. The molecule has 1 amide bonds. The molecule has 0 saturated heterocycles. The van der Waals surface area contributed by atoms with Crippen LogP contribution in [0.3, 0.4) is 0 Å². The van der Waals surface area contributed by atoms with Gasteiger partial charge in [0, 0.05) is 18.1 Å². The van der Waals surface area contributed by atoms with E-state index in [2.05, 4.69) is 10.3 Å². The van der Waals surface area contributed by atoms with E-state index in [9.17, 15) is 4.79 Å². The molecule has 1 aromatic heterocycles. The highest BCUT2D eigenvalue weighted by molar-refractivity contribution is 6.17. The monoisotopic (exact) mass is 302 g/mol. The molecule has 1 aliphatic heterocycles. The van der Waals surface area contributed by atoms with E-state index in [0.29, 0.717) is 0 Å². The Morgan fingerprint density at radius 3 is 2.87 bits per heavy atom. The number of para-hydroxylation sites is 2. The number of aliphatic imine (C=N–C) groups is 1. The highest BCUT2D eigenvalue weighted by Gasteiger charge is 2.17. The molecule has 0 unspecified atom stereocenters. The van der Waals surface area contributed by atoms with Crippen molar-refractivity contribution in [2.75, 3.05) is 5.32 Å². The van der Waals surface area contributed by atoms with Crippen LogP contribution in [0.25, 0.3) is 5.69 Å². The zero-order chi connectivity index (χ0) is 15.6. The van der Waals surface area contributed by atoms with Crippen LogP contribution in [0.15, 0.2) is 72.2 Å². The SMILES string of the molecule is O=C1CC(c2cccc(-n3ccnc3)c2)=Nc2ccccc2N1. The summed E-state index contributed by atoms with van der Waals surface area (Å²) in [6, 6.07) is 15.5. The largest absolute Gasteiger partial charge is 0.324 e. The summed E-state index contributed by atoms with van der Waals surface area (Å²) in [5.74, 6) is -0.0540. The van der Waals surface area contributed by atoms with Crippen molar-refractivity contribution in [2.45, 2.75) is 6.42 Å². The number of nitrogens with zero attached hydrogens (tertiary/aromatic N) is 3. The quantitative estimate of drug-likeness (QED) is 0.789. The summed E-state index contributed by atoms with van der Waals surface area (Å²) in [4.78, 5) is 20.9. The third-order valence-electron chi connectivity index (χ3n) is 3.74. The number of hydrogen-bond donors (Lipinski definition) is 1. The minimum atomic E-state index is -0.0540. The van der Waals surface area contributed by atoms with E-state index < -0.39 is 0 Å². The third kappa shape index (κ3) is 2.64. The van der Waals surface area contributed by atoms with Crippen LogP contribution in [0.1, 0.15) is 12.0 Å². The van der Waals surface area contributed by atoms with Crippen molar-refractivity contribution in [3.63, 3.8) is 0 Å². The van der Waals surface area contributed by atoms with Crippen molar-refractivity contribution >= 4 is 23.0 Å². The summed E-state index contributed by atoms with van der Waals surface area (Å²) in [7, 11) is 0. The first-order valence-electron chi connectivity index (χ1n) is 7.35. The minimum Gasteiger partial charge on any atom is -0.324 e. The zero-order valence-corrected chi connectivity index (χ0v) is 12.3. The number of carbonyl (C=O) groups excluding carboxylic acids is 1. The van der Waals surface area contributed by atoms with Crippen LogP contribution in [-0.2, 0) is 4.79 Å². The Morgan fingerprint density at radius 2 is 2.00 bits per heavy atom. The average Bonchev–Trinajstić information content (AvgIpc) is 3.05. The Hall–Kier alpha value is -3.21. The molecule has 23 heavy (non-hydrogen) atoms. The Morgan fingerprint density at radius 1 is 1.09 bits per heavy atom. The molecule has 0 radical (unpaired) electrons. The summed E-state index contributed by atoms with van der Waals surface area (Å²) in [6.07, 6.45) is 5.62. The van der Waals surface area contributed by atoms with E-state index in [1.165, 1.54) is 0 Å². The van der Waals surface area contributed by atoms with Gasteiger partial charge in [0.2, 0.25) is 5.91 Å².